The first-order chi connectivity index (χ1) is 8.93. The smallest absolute Gasteiger partial charge is 0.387 e. The van der Waals surface area contributed by atoms with E-state index in [1.54, 1.807) is 0 Å². The summed E-state index contributed by atoms with van der Waals surface area (Å²) in [5.41, 5.74) is 10.6. The third kappa shape index (κ3) is 4.59. The number of methoxy groups -OCH3 is 1. The molecule has 0 bridgehead atoms. The average Bonchev–Trinajstić information content (AvgIpc) is 2.31. The maximum absolute atomic E-state index is 12.2. The van der Waals surface area contributed by atoms with Crippen molar-refractivity contribution in [2.75, 3.05) is 7.11 Å². The summed E-state index contributed by atoms with van der Waals surface area (Å²) in [7, 11) is 1.29. The molecule has 1 rings (SSSR count). The molecule has 0 saturated heterocycles. The number of hydrogen-bond acceptors (Lipinski definition) is 4. The van der Waals surface area contributed by atoms with E-state index >= 15 is 0 Å². The summed E-state index contributed by atoms with van der Waals surface area (Å²) >= 11 is 5.81. The van der Waals surface area contributed by atoms with Crippen molar-refractivity contribution in [3.05, 3.63) is 22.7 Å². The first kappa shape index (κ1) is 15.0. The van der Waals surface area contributed by atoms with E-state index in [1.165, 1.54) is 25.5 Å². The van der Waals surface area contributed by atoms with Crippen LogP contribution < -0.4 is 20.9 Å². The first-order valence-corrected chi connectivity index (χ1v) is 5.26. The van der Waals surface area contributed by atoms with Crippen LogP contribution in [0.1, 0.15) is 5.56 Å². The quantitative estimate of drug-likeness (QED) is 0.489. The molecule has 1 aromatic rings. The minimum absolute atomic E-state index is 0.0407. The SMILES string of the molecule is COc1cc(/C=N\N=C(N)N)cc(Cl)c1OC(F)F. The number of hydrogen-bond donors (Lipinski definition) is 2. The van der Waals surface area contributed by atoms with E-state index in [0.29, 0.717) is 5.56 Å². The van der Waals surface area contributed by atoms with Gasteiger partial charge in [-0.05, 0) is 12.1 Å². The van der Waals surface area contributed by atoms with Crippen molar-refractivity contribution < 1.29 is 18.3 Å². The minimum atomic E-state index is -3.01. The number of halogens is 3. The third-order valence-electron chi connectivity index (χ3n) is 1.84. The van der Waals surface area contributed by atoms with E-state index in [0.717, 1.165) is 0 Å². The summed E-state index contributed by atoms with van der Waals surface area (Å²) < 4.78 is 33.6. The van der Waals surface area contributed by atoms with E-state index in [4.69, 9.17) is 27.8 Å². The van der Waals surface area contributed by atoms with Crippen molar-refractivity contribution in [3.8, 4) is 11.5 Å². The van der Waals surface area contributed by atoms with Crippen molar-refractivity contribution in [2.45, 2.75) is 6.61 Å². The molecule has 0 unspecified atom stereocenters. The highest BCUT2D eigenvalue weighted by atomic mass is 35.5. The van der Waals surface area contributed by atoms with Gasteiger partial charge in [-0.15, -0.1) is 5.10 Å². The van der Waals surface area contributed by atoms with Crippen LogP contribution in [0, 0.1) is 0 Å². The lowest BCUT2D eigenvalue weighted by molar-refractivity contribution is -0.0511. The van der Waals surface area contributed by atoms with Crippen LogP contribution in [0.2, 0.25) is 5.02 Å². The molecule has 0 saturated carbocycles. The summed E-state index contributed by atoms with van der Waals surface area (Å²) in [5, 5.41) is 6.89. The Balaban J connectivity index is 3.08. The number of alkyl halides is 2. The molecular weight excluding hydrogens is 282 g/mol. The molecule has 0 fully saturated rings. The van der Waals surface area contributed by atoms with Gasteiger partial charge in [0, 0.05) is 5.56 Å². The van der Waals surface area contributed by atoms with Crippen LogP contribution in [-0.4, -0.2) is 25.9 Å². The molecule has 0 aliphatic carbocycles. The highest BCUT2D eigenvalue weighted by Crippen LogP contribution is 2.37. The van der Waals surface area contributed by atoms with Gasteiger partial charge in [-0.25, -0.2) is 0 Å². The van der Waals surface area contributed by atoms with Gasteiger partial charge in [0.05, 0.1) is 18.3 Å². The van der Waals surface area contributed by atoms with Crippen molar-refractivity contribution in [1.29, 1.82) is 0 Å². The van der Waals surface area contributed by atoms with E-state index in [1.807, 2.05) is 0 Å². The molecule has 104 valence electrons. The normalized spacial score (nSPS) is 10.8. The van der Waals surface area contributed by atoms with Gasteiger partial charge in [0.1, 0.15) is 0 Å². The largest absolute Gasteiger partial charge is 0.493 e. The summed E-state index contributed by atoms with van der Waals surface area (Å²) in [5.74, 6) is -0.427. The van der Waals surface area contributed by atoms with Crippen molar-refractivity contribution >= 4 is 23.8 Å². The standard InChI is InChI=1S/C10H11ClF2N4O2/c1-18-7-3-5(4-16-17-10(14)15)2-6(11)8(7)19-9(12)13/h2-4,9H,1H3,(H4,14,15,17)/b16-4-. The van der Waals surface area contributed by atoms with Crippen LogP contribution in [0.25, 0.3) is 0 Å². The zero-order valence-electron chi connectivity index (χ0n) is 9.81. The summed E-state index contributed by atoms with van der Waals surface area (Å²) in [4.78, 5) is 0. The van der Waals surface area contributed by atoms with E-state index in [-0.39, 0.29) is 22.5 Å². The van der Waals surface area contributed by atoms with Gasteiger partial charge < -0.3 is 20.9 Å². The molecule has 9 heteroatoms. The molecule has 1 aromatic carbocycles. The molecule has 0 aliphatic heterocycles. The van der Waals surface area contributed by atoms with E-state index in [9.17, 15) is 8.78 Å². The van der Waals surface area contributed by atoms with Crippen molar-refractivity contribution in [2.24, 2.45) is 21.7 Å². The van der Waals surface area contributed by atoms with Gasteiger partial charge in [0.25, 0.3) is 0 Å². The fraction of sp³-hybridized carbons (Fsp3) is 0.200. The predicted octanol–water partition coefficient (Wildman–Crippen LogP) is 1.56. The molecule has 0 radical (unpaired) electrons. The zero-order chi connectivity index (χ0) is 14.4. The van der Waals surface area contributed by atoms with Gasteiger partial charge in [0.15, 0.2) is 11.5 Å². The molecule has 4 N–H and O–H groups in total. The second kappa shape index (κ2) is 6.74. The Kier molecular flexibility index (Phi) is 5.31. The predicted molar refractivity (Wildman–Crippen MR) is 68.0 cm³/mol. The molecule has 19 heavy (non-hydrogen) atoms. The van der Waals surface area contributed by atoms with Gasteiger partial charge in [-0.3, -0.25) is 0 Å². The van der Waals surface area contributed by atoms with Gasteiger partial charge in [0.2, 0.25) is 5.96 Å². The first-order valence-electron chi connectivity index (χ1n) is 4.88. The van der Waals surface area contributed by atoms with Gasteiger partial charge in [-0.2, -0.15) is 13.9 Å². The fourth-order valence-electron chi connectivity index (χ4n) is 1.18. The lowest BCUT2D eigenvalue weighted by Crippen LogP contribution is -2.21. The zero-order valence-corrected chi connectivity index (χ0v) is 10.6. The van der Waals surface area contributed by atoms with Crippen LogP contribution in [0.5, 0.6) is 11.5 Å². The number of ether oxygens (including phenoxy) is 2. The summed E-state index contributed by atoms with van der Waals surface area (Å²) in [6, 6.07) is 2.75. The molecule has 6 nitrogen and oxygen atoms in total. The van der Waals surface area contributed by atoms with Crippen LogP contribution in [0.4, 0.5) is 8.78 Å². The maximum atomic E-state index is 12.2. The van der Waals surface area contributed by atoms with Crippen LogP contribution in [0.3, 0.4) is 0 Å². The van der Waals surface area contributed by atoms with E-state index in [2.05, 4.69) is 14.9 Å². The Morgan fingerprint density at radius 1 is 1.42 bits per heavy atom. The van der Waals surface area contributed by atoms with Crippen molar-refractivity contribution in [1.82, 2.24) is 0 Å². The number of rotatable bonds is 5. The molecule has 0 heterocycles. The van der Waals surface area contributed by atoms with Crippen LogP contribution >= 0.6 is 11.6 Å². The fourth-order valence-corrected chi connectivity index (χ4v) is 1.44. The Bertz CT molecular complexity index is 505. The lowest BCUT2D eigenvalue weighted by Gasteiger charge is -2.12. The number of guanidine groups is 1. The number of nitrogens with two attached hydrogens (primary N) is 2. The Morgan fingerprint density at radius 2 is 2.11 bits per heavy atom. The van der Waals surface area contributed by atoms with Gasteiger partial charge >= 0.3 is 6.61 Å². The lowest BCUT2D eigenvalue weighted by atomic mass is 10.2. The molecule has 0 atom stereocenters. The second-order valence-electron chi connectivity index (χ2n) is 3.18. The summed E-state index contributed by atoms with van der Waals surface area (Å²) in [6.07, 6.45) is 1.28. The molecule has 0 aliphatic rings. The third-order valence-corrected chi connectivity index (χ3v) is 2.12. The number of nitrogens with zero attached hydrogens (tertiary/aromatic N) is 2. The van der Waals surface area contributed by atoms with Gasteiger partial charge in [-0.1, -0.05) is 11.6 Å². The van der Waals surface area contributed by atoms with Crippen LogP contribution in [-0.2, 0) is 0 Å². The Labute approximate surface area is 112 Å². The molecule has 0 amide bonds. The Hall–Kier alpha value is -2.09. The highest BCUT2D eigenvalue weighted by molar-refractivity contribution is 6.32. The Morgan fingerprint density at radius 3 is 2.63 bits per heavy atom. The average molecular weight is 293 g/mol. The molecule has 0 spiro atoms. The van der Waals surface area contributed by atoms with Crippen LogP contribution in [0.15, 0.2) is 22.3 Å². The maximum Gasteiger partial charge on any atom is 0.387 e. The van der Waals surface area contributed by atoms with Crippen molar-refractivity contribution in [3.63, 3.8) is 0 Å². The minimum Gasteiger partial charge on any atom is -0.493 e. The highest BCUT2D eigenvalue weighted by Gasteiger charge is 2.15. The second-order valence-corrected chi connectivity index (χ2v) is 3.59. The van der Waals surface area contributed by atoms with E-state index < -0.39 is 6.61 Å². The number of benzene rings is 1. The molecule has 0 aromatic heterocycles. The summed E-state index contributed by atoms with van der Waals surface area (Å²) in [6.45, 7) is -3.01. The monoisotopic (exact) mass is 292 g/mol. The molecular formula is C10H11ClF2N4O2. The topological polar surface area (TPSA) is 95.2 Å².